The highest BCUT2D eigenvalue weighted by atomic mass is 35.5. The SMILES string of the molecule is COc1cnc(Cl)c2[nH]cc(C(=O)C(=O)N3CCN(C(=O)c4cccnc4)[C@H](C)C3)c12. The summed E-state index contributed by atoms with van der Waals surface area (Å²) in [5.41, 5.74) is 1.08. The molecule has 1 fully saturated rings. The fourth-order valence-electron chi connectivity index (χ4n) is 3.78. The number of ketones is 1. The van der Waals surface area contributed by atoms with Crippen LogP contribution < -0.4 is 4.74 Å². The van der Waals surface area contributed by atoms with Crippen LogP contribution in [0.25, 0.3) is 10.9 Å². The van der Waals surface area contributed by atoms with Crippen molar-refractivity contribution < 1.29 is 19.1 Å². The Morgan fingerprint density at radius 2 is 2.06 bits per heavy atom. The van der Waals surface area contributed by atoms with Crippen LogP contribution in [0.5, 0.6) is 5.75 Å². The lowest BCUT2D eigenvalue weighted by Crippen LogP contribution is -2.56. The van der Waals surface area contributed by atoms with E-state index in [1.54, 1.807) is 23.2 Å². The highest BCUT2D eigenvalue weighted by molar-refractivity contribution is 6.45. The van der Waals surface area contributed by atoms with Gasteiger partial charge in [-0.3, -0.25) is 19.4 Å². The molecule has 160 valence electrons. The number of carbonyl (C=O) groups excluding carboxylic acids is 3. The molecule has 0 saturated carbocycles. The molecule has 1 atom stereocenters. The standard InChI is InChI=1S/C21H20ClN5O4/c1-12-11-26(6-7-27(12)20(29)13-4-3-5-23-8-13)21(30)18(28)14-9-24-17-16(14)15(31-2)10-25-19(17)22/h3-5,8-10,12,24H,6-7,11H2,1-2H3/t12-/m1/s1. The molecule has 10 heteroatoms. The number of halogens is 1. The second kappa shape index (κ2) is 8.35. The maximum absolute atomic E-state index is 13.0. The van der Waals surface area contributed by atoms with E-state index in [0.717, 1.165) is 0 Å². The smallest absolute Gasteiger partial charge is 0.295 e. The van der Waals surface area contributed by atoms with Gasteiger partial charge in [-0.15, -0.1) is 0 Å². The minimum absolute atomic E-state index is 0.150. The van der Waals surface area contributed by atoms with Gasteiger partial charge in [-0.25, -0.2) is 4.98 Å². The van der Waals surface area contributed by atoms with Crippen molar-refractivity contribution in [3.63, 3.8) is 0 Å². The number of pyridine rings is 2. The summed E-state index contributed by atoms with van der Waals surface area (Å²) in [5, 5.41) is 0.595. The maximum Gasteiger partial charge on any atom is 0.295 e. The summed E-state index contributed by atoms with van der Waals surface area (Å²) < 4.78 is 5.29. The van der Waals surface area contributed by atoms with E-state index >= 15 is 0 Å². The van der Waals surface area contributed by atoms with E-state index in [1.165, 1.54) is 30.6 Å². The van der Waals surface area contributed by atoms with E-state index in [4.69, 9.17) is 16.3 Å². The molecule has 3 aromatic heterocycles. The Labute approximate surface area is 183 Å². The molecule has 0 bridgehead atoms. The molecule has 4 rings (SSSR count). The van der Waals surface area contributed by atoms with Gasteiger partial charge in [-0.1, -0.05) is 11.6 Å². The van der Waals surface area contributed by atoms with Crippen LogP contribution in [0.1, 0.15) is 27.6 Å². The number of ether oxygens (including phenoxy) is 1. The van der Waals surface area contributed by atoms with Crippen LogP contribution in [0.4, 0.5) is 0 Å². The Morgan fingerprint density at radius 3 is 2.74 bits per heavy atom. The summed E-state index contributed by atoms with van der Waals surface area (Å²) >= 11 is 6.10. The number of methoxy groups -OCH3 is 1. The number of carbonyl (C=O) groups is 3. The van der Waals surface area contributed by atoms with E-state index in [-0.39, 0.29) is 35.8 Å². The van der Waals surface area contributed by atoms with Gasteiger partial charge in [-0.05, 0) is 19.1 Å². The largest absolute Gasteiger partial charge is 0.494 e. The number of fused-ring (bicyclic) bond motifs is 1. The highest BCUT2D eigenvalue weighted by Crippen LogP contribution is 2.32. The number of aromatic amines is 1. The zero-order chi connectivity index (χ0) is 22.1. The molecular weight excluding hydrogens is 422 g/mol. The van der Waals surface area contributed by atoms with Crippen molar-refractivity contribution >= 4 is 40.1 Å². The molecule has 3 aromatic rings. The first-order valence-corrected chi connectivity index (χ1v) is 10.0. The molecule has 1 aliphatic rings. The van der Waals surface area contributed by atoms with E-state index in [0.29, 0.717) is 28.8 Å². The minimum Gasteiger partial charge on any atom is -0.494 e. The van der Waals surface area contributed by atoms with Gasteiger partial charge in [0.15, 0.2) is 5.15 Å². The molecule has 2 amide bonds. The Hall–Kier alpha value is -3.46. The molecule has 1 aliphatic heterocycles. The fourth-order valence-corrected chi connectivity index (χ4v) is 3.98. The van der Waals surface area contributed by atoms with Crippen LogP contribution in [0, 0.1) is 0 Å². The van der Waals surface area contributed by atoms with E-state index in [1.807, 2.05) is 6.92 Å². The van der Waals surface area contributed by atoms with Crippen molar-refractivity contribution in [3.8, 4) is 5.75 Å². The molecule has 1 N–H and O–H groups in total. The number of nitrogens with zero attached hydrogens (tertiary/aromatic N) is 4. The third-order valence-corrected chi connectivity index (χ3v) is 5.66. The molecule has 1 saturated heterocycles. The van der Waals surface area contributed by atoms with Gasteiger partial charge in [0.2, 0.25) is 0 Å². The number of amides is 2. The Balaban J connectivity index is 1.52. The molecule has 4 heterocycles. The van der Waals surface area contributed by atoms with Gasteiger partial charge in [0.25, 0.3) is 17.6 Å². The maximum atomic E-state index is 13.0. The van der Waals surface area contributed by atoms with Crippen molar-refractivity contribution in [1.29, 1.82) is 0 Å². The zero-order valence-corrected chi connectivity index (χ0v) is 17.7. The normalized spacial score (nSPS) is 16.4. The van der Waals surface area contributed by atoms with Gasteiger partial charge >= 0.3 is 0 Å². The van der Waals surface area contributed by atoms with Gasteiger partial charge in [-0.2, -0.15) is 0 Å². The molecule has 9 nitrogen and oxygen atoms in total. The first-order chi connectivity index (χ1) is 14.9. The summed E-state index contributed by atoms with van der Waals surface area (Å²) in [6.07, 6.45) is 5.96. The summed E-state index contributed by atoms with van der Waals surface area (Å²) in [5.74, 6) is -1.12. The lowest BCUT2D eigenvalue weighted by molar-refractivity contribution is -0.128. The van der Waals surface area contributed by atoms with Gasteiger partial charge in [0.1, 0.15) is 5.75 Å². The predicted octanol–water partition coefficient (Wildman–Crippen LogP) is 2.18. The molecule has 31 heavy (non-hydrogen) atoms. The average molecular weight is 442 g/mol. The number of aromatic nitrogens is 3. The topological polar surface area (TPSA) is 108 Å². The summed E-state index contributed by atoms with van der Waals surface area (Å²) in [4.78, 5) is 52.8. The van der Waals surface area contributed by atoms with Crippen molar-refractivity contribution in [1.82, 2.24) is 24.8 Å². The number of H-pyrrole nitrogens is 1. The van der Waals surface area contributed by atoms with E-state index < -0.39 is 11.7 Å². The summed E-state index contributed by atoms with van der Waals surface area (Å²) in [6, 6.07) is 3.15. The molecule has 0 unspecified atom stereocenters. The average Bonchev–Trinajstić information content (AvgIpc) is 3.24. The van der Waals surface area contributed by atoms with Crippen molar-refractivity contribution in [3.05, 3.63) is 53.2 Å². The second-order valence-electron chi connectivity index (χ2n) is 7.24. The summed E-state index contributed by atoms with van der Waals surface area (Å²) in [6.45, 7) is 2.67. The lowest BCUT2D eigenvalue weighted by Gasteiger charge is -2.39. The van der Waals surface area contributed by atoms with Crippen LogP contribution in [-0.4, -0.2) is 75.1 Å². The third-order valence-electron chi connectivity index (χ3n) is 5.37. The minimum atomic E-state index is -0.675. The van der Waals surface area contributed by atoms with Crippen LogP contribution in [0.3, 0.4) is 0 Å². The number of Topliss-reactive ketones (excluding diaryl/α,β-unsaturated/α-hetero) is 1. The number of hydrogen-bond acceptors (Lipinski definition) is 6. The molecule has 0 radical (unpaired) electrons. The van der Waals surface area contributed by atoms with Gasteiger partial charge in [0.05, 0.1) is 35.3 Å². The van der Waals surface area contributed by atoms with Crippen LogP contribution in [0.2, 0.25) is 5.15 Å². The van der Waals surface area contributed by atoms with Crippen molar-refractivity contribution in [2.75, 3.05) is 26.7 Å². The number of rotatable bonds is 4. The van der Waals surface area contributed by atoms with Crippen LogP contribution in [-0.2, 0) is 4.79 Å². The Kier molecular flexibility index (Phi) is 5.60. The molecular formula is C21H20ClN5O4. The first kappa shape index (κ1) is 20.8. The number of nitrogens with one attached hydrogen (secondary N) is 1. The van der Waals surface area contributed by atoms with Gasteiger partial charge in [0, 0.05) is 44.3 Å². The highest BCUT2D eigenvalue weighted by Gasteiger charge is 2.34. The fraction of sp³-hybridized carbons (Fsp3) is 0.286. The predicted molar refractivity (Wildman–Crippen MR) is 113 cm³/mol. The monoisotopic (exact) mass is 441 g/mol. The van der Waals surface area contributed by atoms with Crippen LogP contribution in [0.15, 0.2) is 36.9 Å². The quantitative estimate of drug-likeness (QED) is 0.377. The lowest BCUT2D eigenvalue weighted by atomic mass is 10.1. The number of piperazine rings is 1. The Morgan fingerprint density at radius 1 is 1.26 bits per heavy atom. The zero-order valence-electron chi connectivity index (χ0n) is 17.0. The van der Waals surface area contributed by atoms with Gasteiger partial charge < -0.3 is 19.5 Å². The first-order valence-electron chi connectivity index (χ1n) is 9.66. The third kappa shape index (κ3) is 3.72. The van der Waals surface area contributed by atoms with Crippen molar-refractivity contribution in [2.45, 2.75) is 13.0 Å². The van der Waals surface area contributed by atoms with E-state index in [2.05, 4.69) is 15.0 Å². The van der Waals surface area contributed by atoms with Crippen molar-refractivity contribution in [2.24, 2.45) is 0 Å². The molecule has 0 aliphatic carbocycles. The van der Waals surface area contributed by atoms with Crippen LogP contribution >= 0.6 is 11.6 Å². The summed E-state index contributed by atoms with van der Waals surface area (Å²) in [7, 11) is 1.45. The molecule has 0 aromatic carbocycles. The number of hydrogen-bond donors (Lipinski definition) is 1. The molecule has 0 spiro atoms. The second-order valence-corrected chi connectivity index (χ2v) is 7.60. The van der Waals surface area contributed by atoms with E-state index in [9.17, 15) is 14.4 Å². The Bertz CT molecular complexity index is 1160.